The molecule has 0 aliphatic heterocycles. The van der Waals surface area contributed by atoms with Gasteiger partial charge in [0.25, 0.3) is 0 Å². The molecule has 2 aromatic carbocycles. The van der Waals surface area contributed by atoms with E-state index in [1.165, 1.54) is 0 Å². The summed E-state index contributed by atoms with van der Waals surface area (Å²) in [7, 11) is -4.53. The summed E-state index contributed by atoms with van der Waals surface area (Å²) in [6, 6.07) is 14.7. The van der Waals surface area contributed by atoms with Crippen molar-refractivity contribution in [1.29, 1.82) is 0 Å². The largest absolute Gasteiger partial charge is 0.524 e. The molecule has 0 heterocycles. The molecule has 0 aromatic heterocycles. The van der Waals surface area contributed by atoms with Crippen molar-refractivity contribution in [3.8, 4) is 16.9 Å². The van der Waals surface area contributed by atoms with Gasteiger partial charge in [0.05, 0.1) is 0 Å². The molecule has 0 fully saturated rings. The number of phosphoric ester groups is 1. The molecule has 0 spiro atoms. The molecule has 0 saturated heterocycles. The molecule has 0 aliphatic rings. The minimum Gasteiger partial charge on any atom is -0.404 e. The van der Waals surface area contributed by atoms with Crippen LogP contribution in [0.1, 0.15) is 5.56 Å². The van der Waals surface area contributed by atoms with Gasteiger partial charge in [-0.15, -0.1) is 0 Å². The zero-order valence-corrected chi connectivity index (χ0v) is 10.7. The zero-order chi connectivity index (χ0) is 13.2. The maximum Gasteiger partial charge on any atom is 0.524 e. The summed E-state index contributed by atoms with van der Waals surface area (Å²) in [5.74, 6) is 0.199. The molecule has 18 heavy (non-hydrogen) atoms. The molecular weight excluding hydrogens is 251 g/mol. The molecule has 0 unspecified atom stereocenters. The predicted molar refractivity (Wildman–Crippen MR) is 69.3 cm³/mol. The average molecular weight is 264 g/mol. The summed E-state index contributed by atoms with van der Waals surface area (Å²) in [5, 5.41) is 0. The molecule has 0 saturated carbocycles. The highest BCUT2D eigenvalue weighted by atomic mass is 31.2. The van der Waals surface area contributed by atoms with Crippen LogP contribution in [-0.2, 0) is 4.57 Å². The lowest BCUT2D eigenvalue weighted by Crippen LogP contribution is -1.94. The standard InChI is InChI=1S/C13H13O4P/c1-10-12(11-6-3-2-4-7-11)8-5-9-13(10)17-18(14,15)16/h2-9H,1H3,(H2,14,15,16). The molecule has 0 radical (unpaired) electrons. The highest BCUT2D eigenvalue weighted by molar-refractivity contribution is 7.46. The van der Waals surface area contributed by atoms with Gasteiger partial charge in [0.1, 0.15) is 5.75 Å². The van der Waals surface area contributed by atoms with Gasteiger partial charge < -0.3 is 4.52 Å². The Hall–Kier alpha value is -1.61. The van der Waals surface area contributed by atoms with Crippen LogP contribution in [0.5, 0.6) is 5.75 Å². The number of hydrogen-bond donors (Lipinski definition) is 2. The summed E-state index contributed by atoms with van der Waals surface area (Å²) in [6.07, 6.45) is 0. The van der Waals surface area contributed by atoms with Gasteiger partial charge in [0, 0.05) is 0 Å². The second-order valence-corrected chi connectivity index (χ2v) is 5.04. The SMILES string of the molecule is Cc1c(OP(=O)(O)O)cccc1-c1ccccc1. The van der Waals surface area contributed by atoms with Crippen LogP contribution in [0.4, 0.5) is 0 Å². The fourth-order valence-corrected chi connectivity index (χ4v) is 2.23. The molecule has 2 aromatic rings. The molecule has 0 amide bonds. The molecule has 0 aliphatic carbocycles. The number of rotatable bonds is 3. The minimum atomic E-state index is -4.53. The van der Waals surface area contributed by atoms with E-state index >= 15 is 0 Å². The first-order valence-corrected chi connectivity index (χ1v) is 6.90. The minimum absolute atomic E-state index is 0.199. The van der Waals surface area contributed by atoms with Crippen molar-refractivity contribution in [2.45, 2.75) is 6.92 Å². The summed E-state index contributed by atoms with van der Waals surface area (Å²) < 4.78 is 15.5. The van der Waals surface area contributed by atoms with Crippen molar-refractivity contribution in [2.24, 2.45) is 0 Å². The summed E-state index contributed by atoms with van der Waals surface area (Å²) in [5.41, 5.74) is 2.57. The maximum absolute atomic E-state index is 10.9. The van der Waals surface area contributed by atoms with E-state index < -0.39 is 7.82 Å². The van der Waals surface area contributed by atoms with Crippen LogP contribution in [0.15, 0.2) is 48.5 Å². The summed E-state index contributed by atoms with van der Waals surface area (Å²) >= 11 is 0. The molecule has 2 rings (SSSR count). The van der Waals surface area contributed by atoms with Crippen LogP contribution in [0.3, 0.4) is 0 Å². The smallest absolute Gasteiger partial charge is 0.404 e. The summed E-state index contributed by atoms with van der Waals surface area (Å²) in [4.78, 5) is 17.7. The van der Waals surface area contributed by atoms with Gasteiger partial charge in [-0.05, 0) is 29.7 Å². The first-order chi connectivity index (χ1) is 8.47. The number of benzene rings is 2. The van der Waals surface area contributed by atoms with E-state index in [2.05, 4.69) is 4.52 Å². The van der Waals surface area contributed by atoms with Crippen molar-refractivity contribution in [2.75, 3.05) is 0 Å². The van der Waals surface area contributed by atoms with E-state index in [1.54, 1.807) is 19.1 Å². The van der Waals surface area contributed by atoms with Crippen molar-refractivity contribution < 1.29 is 18.9 Å². The van der Waals surface area contributed by atoms with E-state index in [0.717, 1.165) is 11.1 Å². The molecule has 0 bridgehead atoms. The molecule has 4 nitrogen and oxygen atoms in total. The Balaban J connectivity index is 2.46. The Kier molecular flexibility index (Phi) is 3.53. The Labute approximate surface area is 105 Å². The lowest BCUT2D eigenvalue weighted by molar-refractivity contribution is 0.282. The average Bonchev–Trinajstić information content (AvgIpc) is 2.31. The lowest BCUT2D eigenvalue weighted by Gasteiger charge is -2.13. The van der Waals surface area contributed by atoms with E-state index in [-0.39, 0.29) is 5.75 Å². The third-order valence-corrected chi connectivity index (χ3v) is 3.02. The van der Waals surface area contributed by atoms with Gasteiger partial charge in [-0.1, -0.05) is 42.5 Å². The normalized spacial score (nSPS) is 11.3. The van der Waals surface area contributed by atoms with Crippen molar-refractivity contribution in [3.05, 3.63) is 54.1 Å². The van der Waals surface area contributed by atoms with Gasteiger partial charge in [-0.2, -0.15) is 0 Å². The molecule has 2 N–H and O–H groups in total. The predicted octanol–water partition coefficient (Wildman–Crippen LogP) is 3.13. The number of phosphoric acid groups is 1. The molecular formula is C13H13O4P. The summed E-state index contributed by atoms with van der Waals surface area (Å²) in [6.45, 7) is 1.77. The fraction of sp³-hybridized carbons (Fsp3) is 0.0769. The highest BCUT2D eigenvalue weighted by Gasteiger charge is 2.18. The van der Waals surface area contributed by atoms with Crippen molar-refractivity contribution in [1.82, 2.24) is 0 Å². The van der Waals surface area contributed by atoms with Crippen molar-refractivity contribution >= 4 is 7.82 Å². The van der Waals surface area contributed by atoms with E-state index in [1.807, 2.05) is 36.4 Å². The van der Waals surface area contributed by atoms with Gasteiger partial charge in [0.15, 0.2) is 0 Å². The van der Waals surface area contributed by atoms with Gasteiger partial charge in [0.2, 0.25) is 0 Å². The second-order valence-electron chi connectivity index (χ2n) is 3.88. The Morgan fingerprint density at radius 2 is 1.67 bits per heavy atom. The van der Waals surface area contributed by atoms with Crippen molar-refractivity contribution in [3.63, 3.8) is 0 Å². The van der Waals surface area contributed by atoms with Crippen LogP contribution in [0.25, 0.3) is 11.1 Å². The maximum atomic E-state index is 10.9. The van der Waals surface area contributed by atoms with Crippen LogP contribution >= 0.6 is 7.82 Å². The lowest BCUT2D eigenvalue weighted by atomic mass is 10.0. The van der Waals surface area contributed by atoms with E-state index in [4.69, 9.17) is 9.79 Å². The Bertz CT molecular complexity index is 589. The van der Waals surface area contributed by atoms with Crippen LogP contribution in [-0.4, -0.2) is 9.79 Å². The van der Waals surface area contributed by atoms with Gasteiger partial charge in [-0.3, -0.25) is 9.79 Å². The monoisotopic (exact) mass is 264 g/mol. The fourth-order valence-electron chi connectivity index (χ4n) is 1.77. The molecule has 94 valence electrons. The Morgan fingerprint density at radius 3 is 2.28 bits per heavy atom. The topological polar surface area (TPSA) is 66.8 Å². The van der Waals surface area contributed by atoms with Gasteiger partial charge in [-0.25, -0.2) is 4.57 Å². The van der Waals surface area contributed by atoms with Crippen LogP contribution < -0.4 is 4.52 Å². The first kappa shape index (κ1) is 12.8. The quantitative estimate of drug-likeness (QED) is 0.836. The van der Waals surface area contributed by atoms with Crippen LogP contribution in [0, 0.1) is 6.92 Å². The third kappa shape index (κ3) is 2.99. The highest BCUT2D eigenvalue weighted by Crippen LogP contribution is 2.41. The van der Waals surface area contributed by atoms with E-state index in [0.29, 0.717) is 5.56 Å². The molecule has 0 atom stereocenters. The van der Waals surface area contributed by atoms with E-state index in [9.17, 15) is 4.57 Å². The zero-order valence-electron chi connectivity index (χ0n) is 9.78. The Morgan fingerprint density at radius 1 is 1.00 bits per heavy atom. The van der Waals surface area contributed by atoms with Gasteiger partial charge >= 0.3 is 7.82 Å². The number of hydrogen-bond acceptors (Lipinski definition) is 2. The first-order valence-electron chi connectivity index (χ1n) is 5.37. The third-order valence-electron chi connectivity index (χ3n) is 2.59. The van der Waals surface area contributed by atoms with Crippen LogP contribution in [0.2, 0.25) is 0 Å². The second kappa shape index (κ2) is 4.94. The molecule has 5 heteroatoms.